The molecule has 0 aliphatic heterocycles. The lowest BCUT2D eigenvalue weighted by Crippen LogP contribution is -2.37. The van der Waals surface area contributed by atoms with Crippen LogP contribution in [0, 0.1) is 6.92 Å². The summed E-state index contributed by atoms with van der Waals surface area (Å²) in [4.78, 5) is 31.5. The fourth-order valence-electron chi connectivity index (χ4n) is 3.26. The van der Waals surface area contributed by atoms with Crippen molar-refractivity contribution in [2.24, 2.45) is 14.1 Å². The Balaban J connectivity index is 2.29. The Hall–Kier alpha value is -2.91. The van der Waals surface area contributed by atoms with Crippen LogP contribution in [0.3, 0.4) is 0 Å². The lowest BCUT2D eigenvalue weighted by Gasteiger charge is -2.23. The topological polar surface area (TPSA) is 106 Å². The number of nitrogens with zero attached hydrogens (tertiary/aromatic N) is 5. The number of imidazole rings is 1. The van der Waals surface area contributed by atoms with E-state index in [9.17, 15) is 19.8 Å². The van der Waals surface area contributed by atoms with Crippen molar-refractivity contribution in [3.8, 4) is 0 Å². The van der Waals surface area contributed by atoms with Gasteiger partial charge in [0.05, 0.1) is 19.8 Å². The number of rotatable bonds is 7. The number of aryl methyl sites for hydroxylation is 2. The third kappa shape index (κ3) is 3.46. The Bertz CT molecular complexity index is 1090. The highest BCUT2D eigenvalue weighted by molar-refractivity contribution is 5.74. The number of benzene rings is 1. The minimum Gasteiger partial charge on any atom is -0.395 e. The van der Waals surface area contributed by atoms with Crippen molar-refractivity contribution in [1.82, 2.24) is 18.7 Å². The largest absolute Gasteiger partial charge is 0.395 e. The molecule has 0 spiro atoms. The van der Waals surface area contributed by atoms with Crippen LogP contribution in [0.5, 0.6) is 0 Å². The Morgan fingerprint density at radius 2 is 1.61 bits per heavy atom. The van der Waals surface area contributed by atoms with E-state index in [1.807, 2.05) is 31.2 Å². The average Bonchev–Trinajstić information content (AvgIpc) is 3.05. The monoisotopic (exact) mass is 387 g/mol. The van der Waals surface area contributed by atoms with Crippen molar-refractivity contribution >= 4 is 17.1 Å². The zero-order valence-electron chi connectivity index (χ0n) is 16.3. The zero-order chi connectivity index (χ0) is 20.4. The lowest BCUT2D eigenvalue weighted by molar-refractivity contribution is 0.279. The molecule has 0 unspecified atom stereocenters. The standard InChI is InChI=1S/C19H25N5O4/c1-13-4-6-14(7-5-13)12-24-15-16(21(2)19(28)22(3)17(15)27)20-18(24)23(8-10-25)9-11-26/h4-7,25-26H,8-12H2,1-3H3. The van der Waals surface area contributed by atoms with Crippen LogP contribution in [0.4, 0.5) is 5.95 Å². The molecule has 0 fully saturated rings. The minimum absolute atomic E-state index is 0.134. The molecule has 2 aromatic heterocycles. The van der Waals surface area contributed by atoms with Crippen LogP contribution in [-0.4, -0.2) is 55.2 Å². The molecule has 9 heteroatoms. The maximum Gasteiger partial charge on any atom is 0.332 e. The lowest BCUT2D eigenvalue weighted by atomic mass is 10.1. The number of aromatic nitrogens is 4. The number of anilines is 1. The number of hydrogen-bond acceptors (Lipinski definition) is 6. The molecular weight excluding hydrogens is 362 g/mol. The van der Waals surface area contributed by atoms with Crippen molar-refractivity contribution in [2.45, 2.75) is 13.5 Å². The SMILES string of the molecule is Cc1ccc(Cn2c(N(CCO)CCO)nc3c2c(=O)n(C)c(=O)n3C)cc1. The van der Waals surface area contributed by atoms with Crippen LogP contribution in [0.2, 0.25) is 0 Å². The van der Waals surface area contributed by atoms with Gasteiger partial charge in [-0.2, -0.15) is 4.98 Å². The fraction of sp³-hybridized carbons (Fsp3) is 0.421. The van der Waals surface area contributed by atoms with Gasteiger partial charge in [0, 0.05) is 27.2 Å². The Morgan fingerprint density at radius 1 is 1.00 bits per heavy atom. The van der Waals surface area contributed by atoms with E-state index in [0.29, 0.717) is 18.0 Å². The van der Waals surface area contributed by atoms with E-state index in [-0.39, 0.29) is 32.0 Å². The van der Waals surface area contributed by atoms with Gasteiger partial charge in [-0.05, 0) is 12.5 Å². The molecule has 3 rings (SSSR count). The normalized spacial score (nSPS) is 11.3. The van der Waals surface area contributed by atoms with Gasteiger partial charge in [0.1, 0.15) is 0 Å². The van der Waals surface area contributed by atoms with Gasteiger partial charge in [-0.3, -0.25) is 18.5 Å². The first-order chi connectivity index (χ1) is 13.4. The van der Waals surface area contributed by atoms with Gasteiger partial charge >= 0.3 is 5.69 Å². The Kier molecular flexibility index (Phi) is 5.66. The van der Waals surface area contributed by atoms with Gasteiger partial charge in [0.15, 0.2) is 11.2 Å². The van der Waals surface area contributed by atoms with Crippen molar-refractivity contribution in [2.75, 3.05) is 31.2 Å². The second-order valence-corrected chi connectivity index (χ2v) is 6.80. The Labute approximate surface area is 161 Å². The van der Waals surface area contributed by atoms with E-state index >= 15 is 0 Å². The number of fused-ring (bicyclic) bond motifs is 1. The third-order valence-corrected chi connectivity index (χ3v) is 4.81. The molecule has 0 radical (unpaired) electrons. The quantitative estimate of drug-likeness (QED) is 0.571. The predicted molar refractivity (Wildman–Crippen MR) is 107 cm³/mol. The van der Waals surface area contributed by atoms with Gasteiger partial charge in [0.25, 0.3) is 5.56 Å². The summed E-state index contributed by atoms with van der Waals surface area (Å²) in [6.45, 7) is 2.58. The molecule has 28 heavy (non-hydrogen) atoms. The third-order valence-electron chi connectivity index (χ3n) is 4.81. The Morgan fingerprint density at radius 3 is 2.18 bits per heavy atom. The second-order valence-electron chi connectivity index (χ2n) is 6.80. The summed E-state index contributed by atoms with van der Waals surface area (Å²) in [5.41, 5.74) is 1.78. The van der Waals surface area contributed by atoms with E-state index in [1.54, 1.807) is 16.5 Å². The number of hydrogen-bond donors (Lipinski definition) is 2. The molecule has 0 aliphatic carbocycles. The van der Waals surface area contributed by atoms with Gasteiger partial charge in [-0.25, -0.2) is 4.79 Å². The van der Waals surface area contributed by atoms with Crippen LogP contribution in [0.1, 0.15) is 11.1 Å². The van der Waals surface area contributed by atoms with E-state index in [1.165, 1.54) is 11.6 Å². The first kappa shape index (κ1) is 19.8. The molecule has 0 aliphatic rings. The highest BCUT2D eigenvalue weighted by Gasteiger charge is 2.22. The molecule has 0 amide bonds. The van der Waals surface area contributed by atoms with Crippen LogP contribution in [0.25, 0.3) is 11.2 Å². The molecule has 0 bridgehead atoms. The molecular formula is C19H25N5O4. The van der Waals surface area contributed by atoms with Crippen molar-refractivity contribution in [3.63, 3.8) is 0 Å². The highest BCUT2D eigenvalue weighted by Crippen LogP contribution is 2.21. The summed E-state index contributed by atoms with van der Waals surface area (Å²) in [6, 6.07) is 7.92. The van der Waals surface area contributed by atoms with Crippen LogP contribution in [-0.2, 0) is 20.6 Å². The average molecular weight is 387 g/mol. The first-order valence-corrected chi connectivity index (χ1v) is 9.07. The van der Waals surface area contributed by atoms with E-state index < -0.39 is 11.2 Å². The molecule has 2 N–H and O–H groups in total. The zero-order valence-corrected chi connectivity index (χ0v) is 16.3. The van der Waals surface area contributed by atoms with Gasteiger partial charge in [0.2, 0.25) is 5.95 Å². The molecule has 9 nitrogen and oxygen atoms in total. The summed E-state index contributed by atoms with van der Waals surface area (Å²) < 4.78 is 4.14. The maximum absolute atomic E-state index is 12.9. The molecule has 150 valence electrons. The molecule has 2 heterocycles. The van der Waals surface area contributed by atoms with Gasteiger partial charge in [-0.1, -0.05) is 29.8 Å². The smallest absolute Gasteiger partial charge is 0.332 e. The van der Waals surface area contributed by atoms with Crippen LogP contribution >= 0.6 is 0 Å². The molecule has 0 atom stereocenters. The van der Waals surface area contributed by atoms with Gasteiger partial charge in [-0.15, -0.1) is 0 Å². The second kappa shape index (κ2) is 7.99. The highest BCUT2D eigenvalue weighted by atomic mass is 16.3. The summed E-state index contributed by atoms with van der Waals surface area (Å²) in [7, 11) is 3.01. The van der Waals surface area contributed by atoms with Crippen molar-refractivity contribution < 1.29 is 10.2 Å². The molecule has 0 saturated carbocycles. The number of aliphatic hydroxyl groups is 2. The summed E-state index contributed by atoms with van der Waals surface area (Å²) in [5.74, 6) is 0.428. The maximum atomic E-state index is 12.9. The van der Waals surface area contributed by atoms with Crippen LogP contribution in [0.15, 0.2) is 33.9 Å². The summed E-state index contributed by atoms with van der Waals surface area (Å²) >= 11 is 0. The number of aliphatic hydroxyl groups excluding tert-OH is 2. The predicted octanol–water partition coefficient (Wildman–Crippen LogP) is -0.419. The van der Waals surface area contributed by atoms with Crippen molar-refractivity contribution in [1.29, 1.82) is 0 Å². The van der Waals surface area contributed by atoms with E-state index in [0.717, 1.165) is 15.7 Å². The summed E-state index contributed by atoms with van der Waals surface area (Å²) in [6.07, 6.45) is 0. The molecule has 0 saturated heterocycles. The molecule has 1 aromatic carbocycles. The molecule has 3 aromatic rings. The minimum atomic E-state index is -0.458. The van der Waals surface area contributed by atoms with Gasteiger partial charge < -0.3 is 15.1 Å². The fourth-order valence-corrected chi connectivity index (χ4v) is 3.26. The van der Waals surface area contributed by atoms with E-state index in [4.69, 9.17) is 0 Å². The summed E-state index contributed by atoms with van der Waals surface area (Å²) in [5, 5.41) is 18.9. The first-order valence-electron chi connectivity index (χ1n) is 9.07. The van der Waals surface area contributed by atoms with Crippen LogP contribution < -0.4 is 16.1 Å². The van der Waals surface area contributed by atoms with E-state index in [2.05, 4.69) is 4.98 Å². The van der Waals surface area contributed by atoms with Crippen molar-refractivity contribution in [3.05, 3.63) is 56.2 Å².